The molecule has 1 N–H and O–H groups in total. The van der Waals surface area contributed by atoms with Crippen LogP contribution in [0.5, 0.6) is 0 Å². The zero-order chi connectivity index (χ0) is 19.5. The highest BCUT2D eigenvalue weighted by Gasteiger charge is 2.20. The highest BCUT2D eigenvalue weighted by atomic mass is 32.1. The zero-order valence-corrected chi connectivity index (χ0v) is 16.4. The third kappa shape index (κ3) is 3.70. The number of carbonyl (C=O) groups is 1. The van der Waals surface area contributed by atoms with Crippen molar-refractivity contribution in [3.63, 3.8) is 0 Å². The average molecular weight is 389 g/mol. The minimum absolute atomic E-state index is 0.101. The maximum atomic E-state index is 12.7. The van der Waals surface area contributed by atoms with Crippen LogP contribution in [0.4, 0.5) is 5.13 Å². The topological polar surface area (TPSA) is 72.7 Å². The van der Waals surface area contributed by atoms with Crippen LogP contribution in [0.3, 0.4) is 0 Å². The summed E-state index contributed by atoms with van der Waals surface area (Å²) in [6.07, 6.45) is 0. The Morgan fingerprint density at radius 1 is 1.00 bits per heavy atom. The number of benzene rings is 2. The molecule has 2 heterocycles. The molecule has 0 radical (unpaired) electrons. The SMILES string of the molecule is CC(C)c1csc(NC(=O)c2nc(-c3ccccc3)n(-c3ccccc3)n2)n1. The lowest BCUT2D eigenvalue weighted by atomic mass is 10.2. The van der Waals surface area contributed by atoms with Crippen LogP contribution in [0.15, 0.2) is 66.0 Å². The molecule has 1 amide bonds. The van der Waals surface area contributed by atoms with Crippen molar-refractivity contribution in [2.45, 2.75) is 19.8 Å². The summed E-state index contributed by atoms with van der Waals surface area (Å²) >= 11 is 1.40. The molecule has 0 spiro atoms. The number of rotatable bonds is 5. The first-order chi connectivity index (χ1) is 13.6. The van der Waals surface area contributed by atoms with Crippen molar-refractivity contribution in [2.24, 2.45) is 0 Å². The first-order valence-corrected chi connectivity index (χ1v) is 9.84. The van der Waals surface area contributed by atoms with E-state index in [1.165, 1.54) is 11.3 Å². The third-order valence-corrected chi connectivity index (χ3v) is 4.95. The summed E-state index contributed by atoms with van der Waals surface area (Å²) in [5.41, 5.74) is 2.67. The average Bonchev–Trinajstić information content (AvgIpc) is 3.37. The van der Waals surface area contributed by atoms with Gasteiger partial charge in [0.2, 0.25) is 5.82 Å². The summed E-state index contributed by atoms with van der Waals surface area (Å²) in [4.78, 5) is 21.7. The molecule has 7 heteroatoms. The van der Waals surface area contributed by atoms with Crippen molar-refractivity contribution in [1.29, 1.82) is 0 Å². The molecule has 0 fully saturated rings. The number of aromatic nitrogens is 4. The standard InChI is InChI=1S/C21H19N5OS/c1-14(2)17-13-28-21(22-17)24-20(27)18-23-19(15-9-5-3-6-10-15)26(25-18)16-11-7-4-8-12-16/h3-14H,1-2H3,(H,22,24,27). The Morgan fingerprint density at radius 2 is 1.68 bits per heavy atom. The number of carbonyl (C=O) groups excluding carboxylic acids is 1. The minimum Gasteiger partial charge on any atom is -0.295 e. The maximum absolute atomic E-state index is 12.7. The molecule has 0 aliphatic rings. The van der Waals surface area contributed by atoms with Gasteiger partial charge in [-0.05, 0) is 18.1 Å². The molecule has 140 valence electrons. The number of nitrogens with zero attached hydrogens (tertiary/aromatic N) is 4. The number of thiazole rings is 1. The molecule has 0 saturated heterocycles. The summed E-state index contributed by atoms with van der Waals surface area (Å²) < 4.78 is 1.69. The van der Waals surface area contributed by atoms with Gasteiger partial charge in [-0.25, -0.2) is 14.6 Å². The van der Waals surface area contributed by atoms with Gasteiger partial charge in [-0.1, -0.05) is 62.4 Å². The van der Waals surface area contributed by atoms with Crippen molar-refractivity contribution in [1.82, 2.24) is 19.7 Å². The van der Waals surface area contributed by atoms with Crippen molar-refractivity contribution in [2.75, 3.05) is 5.32 Å². The summed E-state index contributed by atoms with van der Waals surface area (Å²) in [7, 11) is 0. The lowest BCUT2D eigenvalue weighted by molar-refractivity contribution is 0.101. The molecule has 28 heavy (non-hydrogen) atoms. The molecule has 0 unspecified atom stereocenters. The first kappa shape index (κ1) is 18.1. The first-order valence-electron chi connectivity index (χ1n) is 8.96. The van der Waals surface area contributed by atoms with E-state index in [1.807, 2.05) is 66.0 Å². The number of para-hydroxylation sites is 1. The fraction of sp³-hybridized carbons (Fsp3) is 0.143. The van der Waals surface area contributed by atoms with Gasteiger partial charge in [-0.15, -0.1) is 16.4 Å². The Kier molecular flexibility index (Phi) is 4.99. The van der Waals surface area contributed by atoms with E-state index in [4.69, 9.17) is 0 Å². The smallest absolute Gasteiger partial charge is 0.295 e. The van der Waals surface area contributed by atoms with E-state index >= 15 is 0 Å². The van der Waals surface area contributed by atoms with Crippen LogP contribution in [-0.2, 0) is 0 Å². The monoisotopic (exact) mass is 389 g/mol. The second-order valence-corrected chi connectivity index (χ2v) is 7.42. The molecule has 0 saturated carbocycles. The Morgan fingerprint density at radius 3 is 2.32 bits per heavy atom. The lowest BCUT2D eigenvalue weighted by Crippen LogP contribution is -2.14. The predicted octanol–water partition coefficient (Wildman–Crippen LogP) is 4.77. The van der Waals surface area contributed by atoms with Crippen LogP contribution in [0.2, 0.25) is 0 Å². The molecule has 0 aliphatic heterocycles. The Labute approximate surface area is 166 Å². The third-order valence-electron chi connectivity index (χ3n) is 4.18. The van der Waals surface area contributed by atoms with Gasteiger partial charge in [-0.3, -0.25) is 10.1 Å². The summed E-state index contributed by atoms with van der Waals surface area (Å²) in [5, 5.41) is 9.77. The molecule has 6 nitrogen and oxygen atoms in total. The van der Waals surface area contributed by atoms with Gasteiger partial charge in [-0.2, -0.15) is 0 Å². The van der Waals surface area contributed by atoms with E-state index in [0.717, 1.165) is 16.9 Å². The van der Waals surface area contributed by atoms with E-state index in [2.05, 4.69) is 34.2 Å². The van der Waals surface area contributed by atoms with Crippen LogP contribution in [0.1, 0.15) is 36.1 Å². The van der Waals surface area contributed by atoms with E-state index in [9.17, 15) is 4.79 Å². The fourth-order valence-electron chi connectivity index (χ4n) is 2.69. The summed E-state index contributed by atoms with van der Waals surface area (Å²) in [6.45, 7) is 4.13. The second-order valence-electron chi connectivity index (χ2n) is 6.56. The quantitative estimate of drug-likeness (QED) is 0.534. The number of amides is 1. The van der Waals surface area contributed by atoms with Crippen molar-refractivity contribution >= 4 is 22.4 Å². The molecule has 2 aromatic heterocycles. The lowest BCUT2D eigenvalue weighted by Gasteiger charge is -2.05. The molecule has 0 atom stereocenters. The predicted molar refractivity (Wildman–Crippen MR) is 111 cm³/mol. The van der Waals surface area contributed by atoms with Gasteiger partial charge in [0, 0.05) is 10.9 Å². The normalized spacial score (nSPS) is 11.0. The molecule has 0 aliphatic carbocycles. The van der Waals surface area contributed by atoms with E-state index < -0.39 is 0 Å². The maximum Gasteiger partial charge on any atom is 0.297 e. The summed E-state index contributed by atoms with van der Waals surface area (Å²) in [5.74, 6) is 0.640. The molecule has 4 aromatic rings. The number of hydrogen-bond acceptors (Lipinski definition) is 5. The number of hydrogen-bond donors (Lipinski definition) is 1. The van der Waals surface area contributed by atoms with Gasteiger partial charge in [0.15, 0.2) is 11.0 Å². The van der Waals surface area contributed by atoms with Crippen LogP contribution < -0.4 is 5.32 Å². The van der Waals surface area contributed by atoms with E-state index in [-0.39, 0.29) is 11.7 Å². The number of anilines is 1. The summed E-state index contributed by atoms with van der Waals surface area (Å²) in [6, 6.07) is 19.3. The fourth-order valence-corrected chi connectivity index (χ4v) is 3.56. The highest BCUT2D eigenvalue weighted by Crippen LogP contribution is 2.23. The minimum atomic E-state index is -0.378. The van der Waals surface area contributed by atoms with Gasteiger partial charge in [0.25, 0.3) is 5.91 Å². The van der Waals surface area contributed by atoms with Gasteiger partial charge in [0.1, 0.15) is 0 Å². The Hall–Kier alpha value is -3.32. The molecule has 2 aromatic carbocycles. The van der Waals surface area contributed by atoms with Crippen LogP contribution >= 0.6 is 11.3 Å². The highest BCUT2D eigenvalue weighted by molar-refractivity contribution is 7.14. The van der Waals surface area contributed by atoms with Crippen molar-refractivity contribution < 1.29 is 4.79 Å². The van der Waals surface area contributed by atoms with Crippen LogP contribution in [-0.4, -0.2) is 25.7 Å². The molecular formula is C21H19N5OS. The van der Waals surface area contributed by atoms with E-state index in [0.29, 0.717) is 16.9 Å². The van der Waals surface area contributed by atoms with E-state index in [1.54, 1.807) is 4.68 Å². The number of nitrogens with one attached hydrogen (secondary N) is 1. The Balaban J connectivity index is 1.69. The largest absolute Gasteiger partial charge is 0.297 e. The molecule has 4 rings (SSSR count). The van der Waals surface area contributed by atoms with Gasteiger partial charge >= 0.3 is 0 Å². The zero-order valence-electron chi connectivity index (χ0n) is 15.5. The van der Waals surface area contributed by atoms with Gasteiger partial charge in [0.05, 0.1) is 11.4 Å². The van der Waals surface area contributed by atoms with Crippen LogP contribution in [0, 0.1) is 0 Å². The van der Waals surface area contributed by atoms with Crippen molar-refractivity contribution in [3.05, 3.63) is 77.6 Å². The molecular weight excluding hydrogens is 370 g/mol. The Bertz CT molecular complexity index is 1030. The second kappa shape index (κ2) is 7.74. The molecule has 0 bridgehead atoms. The van der Waals surface area contributed by atoms with Gasteiger partial charge < -0.3 is 0 Å². The van der Waals surface area contributed by atoms with Crippen molar-refractivity contribution in [3.8, 4) is 17.1 Å². The van der Waals surface area contributed by atoms with Crippen LogP contribution in [0.25, 0.3) is 17.1 Å².